The van der Waals surface area contributed by atoms with E-state index in [9.17, 15) is 18.0 Å². The molecule has 1 heterocycles. The second kappa shape index (κ2) is 8.68. The number of hydrogen-bond donors (Lipinski definition) is 0. The smallest absolute Gasteiger partial charge is 0.339 e. The summed E-state index contributed by atoms with van der Waals surface area (Å²) in [7, 11) is -4.24. The monoisotopic (exact) mass is 450 g/mol. The van der Waals surface area contributed by atoms with Crippen LogP contribution in [-0.4, -0.2) is 21.0 Å². The van der Waals surface area contributed by atoms with Gasteiger partial charge in [-0.25, -0.2) is 4.79 Å². The molecule has 0 aliphatic heterocycles. The van der Waals surface area contributed by atoms with E-state index in [4.69, 9.17) is 13.3 Å². The number of esters is 1. The molecule has 3 aromatic carbocycles. The van der Waals surface area contributed by atoms with E-state index in [-0.39, 0.29) is 33.8 Å². The first kappa shape index (κ1) is 21.3. The molecule has 0 N–H and O–H groups in total. The molecule has 0 fully saturated rings. The van der Waals surface area contributed by atoms with Crippen molar-refractivity contribution in [2.75, 3.05) is 6.61 Å². The van der Waals surface area contributed by atoms with Gasteiger partial charge in [-0.3, -0.25) is 4.79 Å². The SMILES string of the molecule is CCOC(=O)c1cccc(S(=O)(=O)Oc2ccc3c(=O)c(-c4ccccc4)coc3c2)c1. The average Bonchev–Trinajstić information content (AvgIpc) is 2.80. The molecule has 4 aromatic rings. The molecular weight excluding hydrogens is 432 g/mol. The molecule has 4 rings (SSSR count). The number of ether oxygens (including phenoxy) is 1. The van der Waals surface area contributed by atoms with Crippen molar-refractivity contribution >= 4 is 27.1 Å². The van der Waals surface area contributed by atoms with Crippen LogP contribution in [-0.2, 0) is 14.9 Å². The Morgan fingerprint density at radius 1 is 0.969 bits per heavy atom. The lowest BCUT2D eigenvalue weighted by molar-refractivity contribution is 0.0526. The highest BCUT2D eigenvalue weighted by molar-refractivity contribution is 7.87. The minimum atomic E-state index is -4.24. The standard InChI is InChI=1S/C24H18O7S/c1-2-29-24(26)17-9-6-10-19(13-17)32(27,28)31-18-11-12-20-22(14-18)30-15-21(23(20)25)16-7-4-3-5-8-16/h3-15H,2H2,1H3. The lowest BCUT2D eigenvalue weighted by Crippen LogP contribution is -2.12. The number of hydrogen-bond acceptors (Lipinski definition) is 7. The highest BCUT2D eigenvalue weighted by atomic mass is 32.2. The molecule has 0 atom stereocenters. The van der Waals surface area contributed by atoms with Crippen molar-refractivity contribution in [1.29, 1.82) is 0 Å². The van der Waals surface area contributed by atoms with Crippen LogP contribution in [0.4, 0.5) is 0 Å². The predicted molar refractivity (Wildman–Crippen MR) is 118 cm³/mol. The Balaban J connectivity index is 1.65. The molecule has 0 aliphatic rings. The molecule has 0 saturated carbocycles. The largest absolute Gasteiger partial charge is 0.463 e. The molecule has 0 unspecified atom stereocenters. The highest BCUT2D eigenvalue weighted by Crippen LogP contribution is 2.25. The lowest BCUT2D eigenvalue weighted by Gasteiger charge is -2.09. The Kier molecular flexibility index (Phi) is 5.79. The molecule has 162 valence electrons. The van der Waals surface area contributed by atoms with Crippen molar-refractivity contribution < 1.29 is 26.5 Å². The van der Waals surface area contributed by atoms with Gasteiger partial charge in [0, 0.05) is 6.07 Å². The zero-order valence-corrected chi connectivity index (χ0v) is 17.8. The molecule has 0 radical (unpaired) electrons. The summed E-state index contributed by atoms with van der Waals surface area (Å²) in [6.45, 7) is 1.82. The van der Waals surface area contributed by atoms with Crippen molar-refractivity contribution in [3.63, 3.8) is 0 Å². The molecule has 8 heteroatoms. The summed E-state index contributed by atoms with van der Waals surface area (Å²) in [4.78, 5) is 24.5. The average molecular weight is 450 g/mol. The molecule has 0 bridgehead atoms. The van der Waals surface area contributed by atoms with Crippen LogP contribution >= 0.6 is 0 Å². The van der Waals surface area contributed by atoms with Crippen LogP contribution < -0.4 is 9.61 Å². The van der Waals surface area contributed by atoms with Crippen LogP contribution in [0.1, 0.15) is 17.3 Å². The van der Waals surface area contributed by atoms with Crippen LogP contribution in [0.5, 0.6) is 5.75 Å². The van der Waals surface area contributed by atoms with Crippen LogP contribution in [0.2, 0.25) is 0 Å². The number of carbonyl (C=O) groups is 1. The predicted octanol–water partition coefficient (Wildman–Crippen LogP) is 4.40. The number of fused-ring (bicyclic) bond motifs is 1. The lowest BCUT2D eigenvalue weighted by atomic mass is 10.1. The van der Waals surface area contributed by atoms with Gasteiger partial charge in [-0.05, 0) is 42.8 Å². The van der Waals surface area contributed by atoms with Crippen molar-refractivity contribution in [3.8, 4) is 16.9 Å². The molecule has 0 saturated heterocycles. The third-order valence-electron chi connectivity index (χ3n) is 4.67. The third-order valence-corrected chi connectivity index (χ3v) is 5.91. The van der Waals surface area contributed by atoms with Gasteiger partial charge in [0.25, 0.3) is 0 Å². The van der Waals surface area contributed by atoms with Gasteiger partial charge in [0.1, 0.15) is 22.5 Å². The Morgan fingerprint density at radius 3 is 2.50 bits per heavy atom. The maximum absolute atomic E-state index is 12.8. The summed E-state index contributed by atoms with van der Waals surface area (Å²) in [5.74, 6) is -0.666. The van der Waals surface area contributed by atoms with Crippen molar-refractivity contribution in [2.24, 2.45) is 0 Å². The normalized spacial score (nSPS) is 11.3. The van der Waals surface area contributed by atoms with Gasteiger partial charge in [0.15, 0.2) is 5.43 Å². The summed E-state index contributed by atoms with van der Waals surface area (Å²) in [6.07, 6.45) is 1.33. The van der Waals surface area contributed by atoms with Gasteiger partial charge < -0.3 is 13.3 Å². The fraction of sp³-hybridized carbons (Fsp3) is 0.0833. The molecule has 0 spiro atoms. The van der Waals surface area contributed by atoms with Crippen LogP contribution in [0, 0.1) is 0 Å². The molecular formula is C24H18O7S. The zero-order chi connectivity index (χ0) is 22.7. The summed E-state index contributed by atoms with van der Waals surface area (Å²) < 4.78 is 41.1. The maximum Gasteiger partial charge on any atom is 0.339 e. The van der Waals surface area contributed by atoms with Gasteiger partial charge in [0.2, 0.25) is 0 Å². The first-order valence-corrected chi connectivity index (χ1v) is 11.1. The molecule has 32 heavy (non-hydrogen) atoms. The minimum Gasteiger partial charge on any atom is -0.463 e. The Bertz CT molecular complexity index is 1450. The Hall–Kier alpha value is -3.91. The van der Waals surface area contributed by atoms with Crippen molar-refractivity contribution in [2.45, 2.75) is 11.8 Å². The first-order valence-electron chi connectivity index (χ1n) is 9.71. The summed E-state index contributed by atoms with van der Waals surface area (Å²) in [6, 6.07) is 18.6. The van der Waals surface area contributed by atoms with Crippen molar-refractivity contribution in [3.05, 3.63) is 94.8 Å². The van der Waals surface area contributed by atoms with E-state index in [1.807, 2.05) is 18.2 Å². The first-order chi connectivity index (χ1) is 15.4. The molecule has 1 aromatic heterocycles. The summed E-state index contributed by atoms with van der Waals surface area (Å²) >= 11 is 0. The Labute approximate surface area is 184 Å². The number of rotatable bonds is 6. The molecule has 0 amide bonds. The topological polar surface area (TPSA) is 99.9 Å². The van der Waals surface area contributed by atoms with Gasteiger partial charge >= 0.3 is 16.1 Å². The van der Waals surface area contributed by atoms with Gasteiger partial charge in [-0.15, -0.1) is 0 Å². The number of carbonyl (C=O) groups excluding carboxylic acids is 1. The van der Waals surface area contributed by atoms with E-state index in [2.05, 4.69) is 0 Å². The van der Waals surface area contributed by atoms with E-state index in [1.54, 1.807) is 19.1 Å². The van der Waals surface area contributed by atoms with E-state index in [0.717, 1.165) is 0 Å². The zero-order valence-electron chi connectivity index (χ0n) is 17.0. The summed E-state index contributed by atoms with van der Waals surface area (Å²) in [5, 5.41) is 0.292. The van der Waals surface area contributed by atoms with Crippen LogP contribution in [0.3, 0.4) is 0 Å². The van der Waals surface area contributed by atoms with E-state index in [0.29, 0.717) is 16.5 Å². The molecule has 0 aliphatic carbocycles. The highest BCUT2D eigenvalue weighted by Gasteiger charge is 2.20. The van der Waals surface area contributed by atoms with E-state index >= 15 is 0 Å². The fourth-order valence-electron chi connectivity index (χ4n) is 3.15. The van der Waals surface area contributed by atoms with Crippen LogP contribution in [0.25, 0.3) is 22.1 Å². The maximum atomic E-state index is 12.8. The van der Waals surface area contributed by atoms with Gasteiger partial charge in [0.05, 0.1) is 23.1 Å². The number of benzene rings is 3. The van der Waals surface area contributed by atoms with Gasteiger partial charge in [-0.2, -0.15) is 8.42 Å². The quantitative estimate of drug-likeness (QED) is 0.317. The van der Waals surface area contributed by atoms with Crippen LogP contribution in [0.15, 0.2) is 93.2 Å². The second-order valence-corrected chi connectivity index (χ2v) is 8.33. The molecule has 7 nitrogen and oxygen atoms in total. The minimum absolute atomic E-state index is 0.0327. The Morgan fingerprint density at radius 2 is 1.75 bits per heavy atom. The van der Waals surface area contributed by atoms with E-state index in [1.165, 1.54) is 48.7 Å². The van der Waals surface area contributed by atoms with E-state index < -0.39 is 16.1 Å². The third kappa shape index (κ3) is 4.26. The fourth-order valence-corrected chi connectivity index (χ4v) is 4.12. The van der Waals surface area contributed by atoms with Crippen molar-refractivity contribution in [1.82, 2.24) is 0 Å². The van der Waals surface area contributed by atoms with Gasteiger partial charge in [-0.1, -0.05) is 36.4 Å². The second-order valence-electron chi connectivity index (χ2n) is 6.79. The summed E-state index contributed by atoms with van der Waals surface area (Å²) in [5.41, 5.74) is 1.15.